The number of fused-ring (bicyclic) bond motifs is 1. The summed E-state index contributed by atoms with van der Waals surface area (Å²) in [6.07, 6.45) is -4.94. The highest BCUT2D eigenvalue weighted by Gasteiger charge is 2.69. The number of hydrogen-bond donors (Lipinski definition) is 2. The lowest BCUT2D eigenvalue weighted by Crippen LogP contribution is -2.59. The maximum Gasteiger partial charge on any atom is 0.292 e. The van der Waals surface area contributed by atoms with Crippen molar-refractivity contribution >= 4 is 64.7 Å². The molecule has 2 saturated heterocycles. The standard InChI is InChI=1S/C43H78N6O13S2Si4/c1-38(2,3)65(13,14)55-21-29-42(27(44)23-63(51,52)61-42)32(59-67(17,18)40(7,8)9)36(57-29)48-25-46-34-31(48)35(50)49(26-47-34)37-33(60-68(19,20)41(10,11)12)43(28(45)24-64(53,54)62-43)30(58-37)22-56-66(15,16)39(4,5)6/h23-26,29-30,32-33,36-37H,21-22,44-45H2,1-20H3/t29-,30-,32+,33+,36-,37+,42?,43?/m1/s1. The summed E-state index contributed by atoms with van der Waals surface area (Å²) < 4.78 is 110. The second-order valence-corrected chi connectivity index (χ2v) is 46.8. The maximum atomic E-state index is 15.5. The van der Waals surface area contributed by atoms with Gasteiger partial charge in [-0.25, -0.2) is 18.3 Å². The Labute approximate surface area is 407 Å². The molecule has 2 spiro atoms. The Kier molecular flexibility index (Phi) is 13.8. The van der Waals surface area contributed by atoms with Crippen molar-refractivity contribution in [2.24, 2.45) is 11.5 Å². The van der Waals surface area contributed by atoms with Crippen LogP contribution in [-0.4, -0.2) is 118 Å². The Bertz CT molecular complexity index is 2640. The van der Waals surface area contributed by atoms with Crippen molar-refractivity contribution in [3.8, 4) is 0 Å². The molecule has 6 rings (SSSR count). The van der Waals surface area contributed by atoms with Crippen LogP contribution in [0.3, 0.4) is 0 Å². The summed E-state index contributed by atoms with van der Waals surface area (Å²) in [5.74, 6) is 0. The first-order valence-corrected chi connectivity index (χ1v) is 37.7. The second-order valence-electron chi connectivity index (χ2n) is 24.9. The maximum absolute atomic E-state index is 15.5. The first-order valence-electron chi connectivity index (χ1n) is 23.1. The molecule has 8 atom stereocenters. The summed E-state index contributed by atoms with van der Waals surface area (Å²) in [4.78, 5) is 24.8. The lowest BCUT2D eigenvalue weighted by molar-refractivity contribution is -0.0567. The topological polar surface area (TPSA) is 247 Å². The highest BCUT2D eigenvalue weighted by molar-refractivity contribution is 7.90. The van der Waals surface area contributed by atoms with Crippen molar-refractivity contribution in [3.63, 3.8) is 0 Å². The molecule has 4 aliphatic rings. The molecule has 68 heavy (non-hydrogen) atoms. The highest BCUT2D eigenvalue weighted by atomic mass is 32.2. The fraction of sp³-hybridized carbons (Fsp3) is 0.791. The van der Waals surface area contributed by atoms with Gasteiger partial charge in [-0.2, -0.15) is 16.8 Å². The molecule has 6 heterocycles. The van der Waals surface area contributed by atoms with E-state index in [1.54, 1.807) is 0 Å². The number of ether oxygens (including phenoxy) is 2. The molecule has 0 aliphatic carbocycles. The minimum atomic E-state index is -4.37. The molecule has 19 nitrogen and oxygen atoms in total. The molecule has 2 aromatic heterocycles. The largest absolute Gasteiger partial charge is 0.414 e. The van der Waals surface area contributed by atoms with Crippen molar-refractivity contribution < 1.29 is 52.4 Å². The Morgan fingerprint density at radius 2 is 0.912 bits per heavy atom. The van der Waals surface area contributed by atoms with E-state index in [0.29, 0.717) is 0 Å². The fourth-order valence-corrected chi connectivity index (χ4v) is 14.8. The van der Waals surface area contributed by atoms with Gasteiger partial charge in [0.2, 0.25) is 0 Å². The van der Waals surface area contributed by atoms with E-state index in [9.17, 15) is 16.8 Å². The van der Waals surface area contributed by atoms with Crippen LogP contribution in [0.25, 0.3) is 11.2 Å². The molecule has 25 heteroatoms. The van der Waals surface area contributed by atoms with Crippen molar-refractivity contribution in [3.05, 3.63) is 45.2 Å². The summed E-state index contributed by atoms with van der Waals surface area (Å²) in [7, 11) is -19.5. The van der Waals surface area contributed by atoms with E-state index in [1.165, 1.54) is 21.8 Å². The molecule has 0 radical (unpaired) electrons. The van der Waals surface area contributed by atoms with Crippen molar-refractivity contribution in [2.45, 2.75) is 204 Å². The summed E-state index contributed by atoms with van der Waals surface area (Å²) in [5.41, 5.74) is 8.65. The predicted octanol–water partition coefficient (Wildman–Crippen LogP) is 7.01. The van der Waals surface area contributed by atoms with Crippen molar-refractivity contribution in [1.82, 2.24) is 19.1 Å². The normalized spacial score (nSPS) is 30.5. The predicted molar refractivity (Wildman–Crippen MR) is 270 cm³/mol. The number of aromatic nitrogens is 4. The molecule has 2 fully saturated rings. The number of rotatable bonds is 12. The lowest BCUT2D eigenvalue weighted by atomic mass is 9.89. The van der Waals surface area contributed by atoms with E-state index < -0.39 is 117 Å². The number of nitrogens with two attached hydrogens (primary N) is 2. The molecule has 0 bridgehead atoms. The molecule has 2 aromatic rings. The summed E-state index contributed by atoms with van der Waals surface area (Å²) in [6, 6.07) is 0. The second kappa shape index (κ2) is 17.0. The minimum absolute atomic E-state index is 0.0194. The first kappa shape index (κ1) is 55.2. The van der Waals surface area contributed by atoms with E-state index in [4.69, 9.17) is 47.0 Å². The summed E-state index contributed by atoms with van der Waals surface area (Å²) in [6.45, 7) is 40.7. The third-order valence-corrected chi connectivity index (χ3v) is 36.2. The SMILES string of the molecule is CC(C)(C)[Si](C)(C)OC[C@H]1O[C@@H](n2cnc3ncn([C@H]4O[C@H](CO[Si](C)(C)C(C)(C)C)C5(OS(=O)(=O)C=C5N)[C@H]4O[Si](C)(C)C(C)(C)C)c(=O)c32)[C@H](O[Si](C)(C)C(C)(C)C)C12OS(=O)(=O)C=C2N. The summed E-state index contributed by atoms with van der Waals surface area (Å²) >= 11 is 0. The van der Waals surface area contributed by atoms with Gasteiger partial charge in [-0.1, -0.05) is 83.1 Å². The minimum Gasteiger partial charge on any atom is -0.414 e. The Morgan fingerprint density at radius 3 is 1.22 bits per heavy atom. The van der Waals surface area contributed by atoms with Gasteiger partial charge in [-0.3, -0.25) is 13.9 Å². The van der Waals surface area contributed by atoms with Crippen LogP contribution in [0.2, 0.25) is 72.5 Å². The van der Waals surface area contributed by atoms with Crippen molar-refractivity contribution in [1.29, 1.82) is 0 Å². The molecule has 0 saturated carbocycles. The van der Waals surface area contributed by atoms with Gasteiger partial charge in [0.25, 0.3) is 25.8 Å². The van der Waals surface area contributed by atoms with Crippen LogP contribution in [0.1, 0.15) is 95.5 Å². The van der Waals surface area contributed by atoms with E-state index in [-0.39, 0.29) is 45.8 Å². The molecule has 0 aromatic carbocycles. The van der Waals surface area contributed by atoms with Crippen LogP contribution < -0.4 is 17.0 Å². The van der Waals surface area contributed by atoms with E-state index in [0.717, 1.165) is 10.8 Å². The van der Waals surface area contributed by atoms with Crippen molar-refractivity contribution in [2.75, 3.05) is 13.2 Å². The third-order valence-electron chi connectivity index (χ3n) is 16.2. The van der Waals surface area contributed by atoms with Crippen LogP contribution in [0.5, 0.6) is 0 Å². The molecule has 0 amide bonds. The third kappa shape index (κ3) is 9.40. The molecular weight excluding hydrogens is 985 g/mol. The first-order chi connectivity index (χ1) is 30.4. The van der Waals surface area contributed by atoms with Crippen LogP contribution >= 0.6 is 0 Å². The van der Waals surface area contributed by atoms with Gasteiger partial charge in [0, 0.05) is 0 Å². The number of imidazole rings is 1. The van der Waals surface area contributed by atoms with Gasteiger partial charge >= 0.3 is 0 Å². The van der Waals surface area contributed by atoms with Gasteiger partial charge in [-0.05, 0) is 72.5 Å². The van der Waals surface area contributed by atoms with Gasteiger partial charge in [0.1, 0.15) is 37.1 Å². The smallest absolute Gasteiger partial charge is 0.292 e. The molecular formula is C43H78N6O13S2Si4. The van der Waals surface area contributed by atoms with Crippen LogP contribution in [0.4, 0.5) is 0 Å². The van der Waals surface area contributed by atoms with E-state index in [1.807, 2.05) is 67.7 Å². The average molecular weight is 1060 g/mol. The Balaban J connectivity index is 1.58. The lowest BCUT2D eigenvalue weighted by Gasteiger charge is -2.44. The fourth-order valence-electron chi connectivity index (χ4n) is 7.75. The molecule has 4 N–H and O–H groups in total. The van der Waals surface area contributed by atoms with Crippen LogP contribution in [-0.2, 0) is 55.8 Å². The quantitative estimate of drug-likeness (QED) is 0.160. The average Bonchev–Trinajstić information content (AvgIpc) is 3.89. The van der Waals surface area contributed by atoms with Gasteiger partial charge in [-0.15, -0.1) is 0 Å². The molecule has 2 unspecified atom stereocenters. The zero-order valence-corrected chi connectivity index (χ0v) is 49.4. The van der Waals surface area contributed by atoms with Crippen LogP contribution in [0.15, 0.2) is 39.7 Å². The summed E-state index contributed by atoms with van der Waals surface area (Å²) in [5, 5.41) is 0.469. The van der Waals surface area contributed by atoms with Crippen LogP contribution in [0, 0.1) is 0 Å². The van der Waals surface area contributed by atoms with Gasteiger partial charge < -0.3 is 38.6 Å². The Hall–Kier alpha value is -2.12. The number of nitrogens with zero attached hydrogens (tertiary/aromatic N) is 4. The zero-order valence-electron chi connectivity index (χ0n) is 43.8. The van der Waals surface area contributed by atoms with Gasteiger partial charge in [0.05, 0.1) is 35.4 Å². The van der Waals surface area contributed by atoms with E-state index >= 15 is 4.79 Å². The highest BCUT2D eigenvalue weighted by Crippen LogP contribution is 2.55. The molecule has 4 aliphatic heterocycles. The monoisotopic (exact) mass is 1060 g/mol. The number of hydrogen-bond acceptors (Lipinski definition) is 17. The zero-order chi connectivity index (χ0) is 51.8. The van der Waals surface area contributed by atoms with E-state index in [2.05, 4.69) is 77.7 Å². The van der Waals surface area contributed by atoms with Gasteiger partial charge in [0.15, 0.2) is 68.1 Å². The molecule has 386 valence electrons. The Morgan fingerprint density at radius 1 is 0.588 bits per heavy atom.